The highest BCUT2D eigenvalue weighted by Gasteiger charge is 2.49. The van der Waals surface area contributed by atoms with Crippen LogP contribution in [0.15, 0.2) is 54.0 Å². The first-order valence-corrected chi connectivity index (χ1v) is 12.5. The number of ether oxygens (including phenoxy) is 1. The topological polar surface area (TPSA) is 84.2 Å². The second-order valence-corrected chi connectivity index (χ2v) is 9.47. The molecule has 2 unspecified atom stereocenters. The van der Waals surface area contributed by atoms with Gasteiger partial charge in [-0.25, -0.2) is 18.6 Å². The Labute approximate surface area is 229 Å². The molecule has 3 aromatic rings. The van der Waals surface area contributed by atoms with Gasteiger partial charge in [-0.3, -0.25) is 5.01 Å². The number of aromatic nitrogens is 2. The van der Waals surface area contributed by atoms with E-state index in [1.165, 1.54) is 24.5 Å². The SMILES string of the molecule is COc1cc(NC2=NN3CCCCC(c4ccc(F)cc4F)C3N2OC(=O)C(F)(F)F)ccc1-n1cnc(Cl)c1. The van der Waals surface area contributed by atoms with E-state index in [1.807, 2.05) is 0 Å². The van der Waals surface area contributed by atoms with Crippen LogP contribution in [0.3, 0.4) is 0 Å². The van der Waals surface area contributed by atoms with E-state index in [2.05, 4.69) is 15.4 Å². The minimum Gasteiger partial charge on any atom is -0.494 e. The monoisotopic (exact) mass is 584 g/mol. The zero-order chi connectivity index (χ0) is 28.6. The van der Waals surface area contributed by atoms with Crippen LogP contribution in [0.1, 0.15) is 30.7 Å². The van der Waals surface area contributed by atoms with Crippen molar-refractivity contribution in [3.63, 3.8) is 0 Å². The molecule has 1 aromatic heterocycles. The molecule has 5 rings (SSSR count). The first-order chi connectivity index (χ1) is 19.0. The fraction of sp³-hybridized carbons (Fsp3) is 0.320. The molecule has 0 saturated carbocycles. The summed E-state index contributed by atoms with van der Waals surface area (Å²) in [5.74, 6) is -4.83. The number of methoxy groups -OCH3 is 1. The highest BCUT2D eigenvalue weighted by atomic mass is 35.5. The number of rotatable bonds is 5. The molecule has 1 fully saturated rings. The molecule has 15 heteroatoms. The van der Waals surface area contributed by atoms with Crippen molar-refractivity contribution < 1.29 is 36.3 Å². The van der Waals surface area contributed by atoms with E-state index in [-0.39, 0.29) is 16.7 Å². The number of hydroxylamine groups is 2. The van der Waals surface area contributed by atoms with E-state index in [0.717, 1.165) is 6.07 Å². The summed E-state index contributed by atoms with van der Waals surface area (Å²) in [6.07, 6.45) is -1.91. The Kier molecular flexibility index (Phi) is 7.45. The maximum absolute atomic E-state index is 14.9. The standard InChI is InChI=1S/C25H22ClF5N6O3/c1-39-20-11-15(6-8-19(20)35-12-21(26)32-13-35)33-24-34-36-9-3-2-4-17(16-7-5-14(27)10-18(16)28)22(36)37(24)40-23(38)25(29,30)31/h5-8,10-13,17,22H,2-4,9H2,1H3,(H,33,34). The number of fused-ring (bicyclic) bond motifs is 1. The van der Waals surface area contributed by atoms with Gasteiger partial charge in [-0.15, -0.1) is 10.2 Å². The molecule has 0 radical (unpaired) electrons. The van der Waals surface area contributed by atoms with E-state index in [0.29, 0.717) is 54.1 Å². The molecule has 3 heterocycles. The summed E-state index contributed by atoms with van der Waals surface area (Å²) in [5.41, 5.74) is 0.968. The van der Waals surface area contributed by atoms with Crippen molar-refractivity contribution in [3.8, 4) is 11.4 Å². The molecular weight excluding hydrogens is 563 g/mol. The molecule has 0 aliphatic carbocycles. The molecule has 2 aliphatic heterocycles. The molecule has 2 atom stereocenters. The predicted molar refractivity (Wildman–Crippen MR) is 134 cm³/mol. The van der Waals surface area contributed by atoms with Crippen molar-refractivity contribution in [3.05, 3.63) is 71.3 Å². The van der Waals surface area contributed by atoms with Gasteiger partial charge in [-0.1, -0.05) is 24.1 Å². The lowest BCUT2D eigenvalue weighted by molar-refractivity contribution is -0.235. The third kappa shape index (κ3) is 5.48. The van der Waals surface area contributed by atoms with Crippen LogP contribution >= 0.6 is 11.6 Å². The Hall–Kier alpha value is -4.07. The average molecular weight is 585 g/mol. The van der Waals surface area contributed by atoms with Gasteiger partial charge >= 0.3 is 12.1 Å². The van der Waals surface area contributed by atoms with E-state index in [4.69, 9.17) is 21.2 Å². The third-order valence-corrected chi connectivity index (χ3v) is 6.72. The first-order valence-electron chi connectivity index (χ1n) is 12.1. The van der Waals surface area contributed by atoms with Crippen LogP contribution in [0.5, 0.6) is 5.75 Å². The Morgan fingerprint density at radius 3 is 2.62 bits per heavy atom. The van der Waals surface area contributed by atoms with Crippen LogP contribution in [0, 0.1) is 11.6 Å². The minimum atomic E-state index is -5.31. The Balaban J connectivity index is 1.51. The largest absolute Gasteiger partial charge is 0.494 e. The normalized spacial score (nSPS) is 19.1. The molecule has 212 valence electrons. The second-order valence-electron chi connectivity index (χ2n) is 9.09. The summed E-state index contributed by atoms with van der Waals surface area (Å²) in [5, 5.41) is 9.67. The highest BCUT2D eigenvalue weighted by molar-refractivity contribution is 6.29. The smallest absolute Gasteiger partial charge is 0.493 e. The van der Waals surface area contributed by atoms with Crippen LogP contribution in [0.2, 0.25) is 5.15 Å². The van der Waals surface area contributed by atoms with Crippen molar-refractivity contribution in [2.45, 2.75) is 37.5 Å². The van der Waals surface area contributed by atoms with Gasteiger partial charge in [0, 0.05) is 36.5 Å². The molecule has 1 saturated heterocycles. The molecule has 9 nitrogen and oxygen atoms in total. The van der Waals surface area contributed by atoms with Crippen molar-refractivity contribution in [1.29, 1.82) is 0 Å². The van der Waals surface area contributed by atoms with Crippen molar-refractivity contribution in [1.82, 2.24) is 19.6 Å². The molecule has 0 bridgehead atoms. The van der Waals surface area contributed by atoms with Crippen LogP contribution in [-0.2, 0) is 9.63 Å². The summed E-state index contributed by atoms with van der Waals surface area (Å²) in [6, 6.07) is 7.80. The van der Waals surface area contributed by atoms with Gasteiger partial charge in [0.25, 0.3) is 5.96 Å². The van der Waals surface area contributed by atoms with Gasteiger partial charge in [0.15, 0.2) is 6.17 Å². The summed E-state index contributed by atoms with van der Waals surface area (Å²) < 4.78 is 75.4. The number of hydrogen-bond acceptors (Lipinski definition) is 8. The van der Waals surface area contributed by atoms with Gasteiger partial charge in [0.05, 0.1) is 12.8 Å². The van der Waals surface area contributed by atoms with Gasteiger partial charge < -0.3 is 19.5 Å². The number of nitrogens with one attached hydrogen (secondary N) is 1. The Morgan fingerprint density at radius 2 is 1.95 bits per heavy atom. The summed E-state index contributed by atoms with van der Waals surface area (Å²) >= 11 is 5.91. The maximum Gasteiger partial charge on any atom is 0.493 e. The van der Waals surface area contributed by atoms with E-state index in [9.17, 15) is 26.7 Å². The minimum absolute atomic E-state index is 0.0628. The number of imidazole rings is 1. The number of hydrogen-bond donors (Lipinski definition) is 1. The molecular formula is C25H22ClF5N6O3. The zero-order valence-corrected chi connectivity index (χ0v) is 21.6. The average Bonchev–Trinajstić information content (AvgIpc) is 3.40. The number of carbonyl (C=O) groups excluding carboxylic acids is 1. The lowest BCUT2D eigenvalue weighted by Gasteiger charge is -2.34. The quantitative estimate of drug-likeness (QED) is 0.401. The Morgan fingerprint density at radius 1 is 1.15 bits per heavy atom. The molecule has 40 heavy (non-hydrogen) atoms. The Bertz CT molecular complexity index is 1450. The predicted octanol–water partition coefficient (Wildman–Crippen LogP) is 5.43. The highest BCUT2D eigenvalue weighted by Crippen LogP contribution is 2.39. The van der Waals surface area contributed by atoms with Crippen molar-refractivity contribution in [2.75, 3.05) is 19.0 Å². The van der Waals surface area contributed by atoms with E-state index < -0.39 is 35.9 Å². The lowest BCUT2D eigenvalue weighted by atomic mass is 9.91. The number of hydrazone groups is 1. The molecule has 2 aliphatic rings. The van der Waals surface area contributed by atoms with E-state index >= 15 is 0 Å². The third-order valence-electron chi connectivity index (χ3n) is 6.53. The fourth-order valence-corrected chi connectivity index (χ4v) is 4.93. The lowest BCUT2D eigenvalue weighted by Crippen LogP contribution is -2.49. The number of anilines is 1. The summed E-state index contributed by atoms with van der Waals surface area (Å²) in [7, 11) is 1.43. The number of nitrogens with zero attached hydrogens (tertiary/aromatic N) is 5. The maximum atomic E-state index is 14.9. The van der Waals surface area contributed by atoms with Crippen LogP contribution in [0.25, 0.3) is 5.69 Å². The number of benzene rings is 2. The van der Waals surface area contributed by atoms with Crippen molar-refractivity contribution >= 4 is 29.2 Å². The van der Waals surface area contributed by atoms with Gasteiger partial charge in [-0.05, 0) is 36.6 Å². The molecule has 2 aromatic carbocycles. The number of guanidine groups is 1. The summed E-state index contributed by atoms with van der Waals surface area (Å²) in [6.45, 7) is 0.291. The fourth-order valence-electron chi connectivity index (χ4n) is 4.78. The molecule has 0 amide bonds. The van der Waals surface area contributed by atoms with Crippen LogP contribution in [-0.4, -0.2) is 57.5 Å². The van der Waals surface area contributed by atoms with Gasteiger partial charge in [-0.2, -0.15) is 13.2 Å². The number of alkyl halides is 3. The van der Waals surface area contributed by atoms with Crippen LogP contribution in [0.4, 0.5) is 27.6 Å². The molecule has 0 spiro atoms. The zero-order valence-electron chi connectivity index (χ0n) is 20.8. The van der Waals surface area contributed by atoms with E-state index in [1.54, 1.807) is 29.0 Å². The first kappa shape index (κ1) is 27.5. The number of halogens is 6. The number of carbonyl (C=O) groups is 1. The van der Waals surface area contributed by atoms with Crippen LogP contribution < -0.4 is 10.1 Å². The van der Waals surface area contributed by atoms with Crippen molar-refractivity contribution in [2.24, 2.45) is 5.10 Å². The van der Waals surface area contributed by atoms with Gasteiger partial charge in [0.2, 0.25) is 0 Å². The second kappa shape index (κ2) is 10.8. The summed E-state index contributed by atoms with van der Waals surface area (Å²) in [4.78, 5) is 20.8. The molecule has 1 N–H and O–H groups in total. The van der Waals surface area contributed by atoms with Gasteiger partial charge in [0.1, 0.15) is 28.9 Å².